The summed E-state index contributed by atoms with van der Waals surface area (Å²) >= 11 is 0. The van der Waals surface area contributed by atoms with Crippen molar-refractivity contribution in [1.82, 2.24) is 0 Å². The van der Waals surface area contributed by atoms with E-state index in [0.29, 0.717) is 0 Å². The van der Waals surface area contributed by atoms with E-state index >= 15 is 0 Å². The second-order valence-corrected chi connectivity index (χ2v) is 3.63. The van der Waals surface area contributed by atoms with Gasteiger partial charge in [0.1, 0.15) is 5.75 Å². The molecule has 14 heavy (non-hydrogen) atoms. The number of para-hydroxylation sites is 1. The molecule has 0 amide bonds. The molecular weight excluding hydrogens is 172 g/mol. The van der Waals surface area contributed by atoms with Gasteiger partial charge in [-0.2, -0.15) is 0 Å². The number of benzene rings is 1. The van der Waals surface area contributed by atoms with Gasteiger partial charge in [0, 0.05) is 5.56 Å². The van der Waals surface area contributed by atoms with Crippen LogP contribution in [-0.4, -0.2) is 6.10 Å². The van der Waals surface area contributed by atoms with Gasteiger partial charge in [-0.15, -0.1) is 0 Å². The Morgan fingerprint density at radius 1 is 1.29 bits per heavy atom. The first-order valence-electron chi connectivity index (χ1n) is 5.04. The Balaban J connectivity index is 3.03. The molecule has 76 valence electrons. The molecule has 1 rings (SSSR count). The van der Waals surface area contributed by atoms with Crippen LogP contribution in [0.5, 0.6) is 5.75 Å². The maximum absolute atomic E-state index is 5.73. The molecule has 0 bridgehead atoms. The van der Waals surface area contributed by atoms with Crippen LogP contribution >= 0.6 is 0 Å². The van der Waals surface area contributed by atoms with Gasteiger partial charge in [-0.1, -0.05) is 24.3 Å². The van der Waals surface area contributed by atoms with Crippen molar-refractivity contribution in [2.45, 2.75) is 33.8 Å². The number of hydrogen-bond acceptors (Lipinski definition) is 1. The van der Waals surface area contributed by atoms with E-state index in [0.717, 1.165) is 5.75 Å². The Hall–Kier alpha value is -1.24. The van der Waals surface area contributed by atoms with Crippen LogP contribution in [-0.2, 0) is 0 Å². The Morgan fingerprint density at radius 3 is 2.50 bits per heavy atom. The summed E-state index contributed by atoms with van der Waals surface area (Å²) in [5, 5.41) is 0. The Kier molecular flexibility index (Phi) is 3.75. The van der Waals surface area contributed by atoms with Crippen molar-refractivity contribution in [3.8, 4) is 5.75 Å². The lowest BCUT2D eigenvalue weighted by atomic mass is 10.1. The van der Waals surface area contributed by atoms with E-state index in [1.807, 2.05) is 39.0 Å². The first-order chi connectivity index (χ1) is 6.65. The molecule has 0 saturated carbocycles. The van der Waals surface area contributed by atoms with Gasteiger partial charge in [0.15, 0.2) is 0 Å². The summed E-state index contributed by atoms with van der Waals surface area (Å²) in [4.78, 5) is 0. The predicted octanol–water partition coefficient (Wildman–Crippen LogP) is 3.90. The summed E-state index contributed by atoms with van der Waals surface area (Å²) < 4.78 is 5.73. The highest BCUT2D eigenvalue weighted by Gasteiger charge is 2.05. The number of rotatable bonds is 3. The molecule has 1 aromatic carbocycles. The minimum atomic E-state index is 0.223. The largest absolute Gasteiger partial charge is 0.490 e. The predicted molar refractivity (Wildman–Crippen MR) is 61.5 cm³/mol. The lowest BCUT2D eigenvalue weighted by Gasteiger charge is -2.14. The molecule has 0 N–H and O–H groups in total. The zero-order valence-corrected chi connectivity index (χ0v) is 9.37. The van der Waals surface area contributed by atoms with E-state index in [1.165, 1.54) is 11.1 Å². The minimum absolute atomic E-state index is 0.223. The second-order valence-electron chi connectivity index (χ2n) is 3.63. The zero-order chi connectivity index (χ0) is 10.6. The molecule has 1 nitrogen and oxygen atoms in total. The van der Waals surface area contributed by atoms with Gasteiger partial charge in [0.25, 0.3) is 0 Å². The van der Waals surface area contributed by atoms with Crippen molar-refractivity contribution < 1.29 is 4.74 Å². The molecular formula is C13H18O. The van der Waals surface area contributed by atoms with Crippen LogP contribution in [0.3, 0.4) is 0 Å². The average Bonchev–Trinajstić information content (AvgIpc) is 2.16. The Morgan fingerprint density at radius 2 is 1.93 bits per heavy atom. The van der Waals surface area contributed by atoms with Gasteiger partial charge in [-0.05, 0) is 39.3 Å². The monoisotopic (exact) mass is 190 g/mol. The van der Waals surface area contributed by atoms with Gasteiger partial charge in [0.2, 0.25) is 0 Å². The number of ether oxygens (including phenoxy) is 1. The Bertz CT molecular complexity index is 324. The van der Waals surface area contributed by atoms with E-state index in [2.05, 4.69) is 19.1 Å². The zero-order valence-electron chi connectivity index (χ0n) is 9.37. The fourth-order valence-corrected chi connectivity index (χ4v) is 1.30. The number of allylic oxidation sites excluding steroid dienone is 2. The molecule has 0 aromatic heterocycles. The maximum Gasteiger partial charge on any atom is 0.127 e. The average molecular weight is 190 g/mol. The Labute approximate surface area is 86.4 Å². The van der Waals surface area contributed by atoms with Crippen molar-refractivity contribution in [2.75, 3.05) is 0 Å². The van der Waals surface area contributed by atoms with Crippen molar-refractivity contribution in [3.63, 3.8) is 0 Å². The van der Waals surface area contributed by atoms with Gasteiger partial charge < -0.3 is 4.74 Å². The van der Waals surface area contributed by atoms with E-state index in [-0.39, 0.29) is 6.10 Å². The van der Waals surface area contributed by atoms with Crippen LogP contribution < -0.4 is 4.74 Å². The highest BCUT2D eigenvalue weighted by molar-refractivity contribution is 5.68. The molecule has 1 heteroatoms. The van der Waals surface area contributed by atoms with Crippen molar-refractivity contribution >= 4 is 5.57 Å². The fourth-order valence-electron chi connectivity index (χ4n) is 1.30. The van der Waals surface area contributed by atoms with Gasteiger partial charge in [0.05, 0.1) is 6.10 Å². The van der Waals surface area contributed by atoms with E-state index in [4.69, 9.17) is 4.74 Å². The fraction of sp³-hybridized carbons (Fsp3) is 0.385. The van der Waals surface area contributed by atoms with Crippen LogP contribution in [0.1, 0.15) is 33.3 Å². The SMILES string of the molecule is CC=C(C)c1ccccc1OC(C)C. The third-order valence-electron chi connectivity index (χ3n) is 2.11. The van der Waals surface area contributed by atoms with Crippen LogP contribution in [0.15, 0.2) is 30.3 Å². The summed E-state index contributed by atoms with van der Waals surface area (Å²) in [6.07, 6.45) is 2.32. The molecule has 0 spiro atoms. The molecule has 1 aromatic rings. The highest BCUT2D eigenvalue weighted by atomic mass is 16.5. The van der Waals surface area contributed by atoms with Crippen LogP contribution in [0.4, 0.5) is 0 Å². The van der Waals surface area contributed by atoms with E-state index in [1.54, 1.807) is 0 Å². The molecule has 0 fully saturated rings. The van der Waals surface area contributed by atoms with Gasteiger partial charge in [-0.3, -0.25) is 0 Å². The molecule has 0 atom stereocenters. The lowest BCUT2D eigenvalue weighted by Crippen LogP contribution is -2.06. The summed E-state index contributed by atoms with van der Waals surface area (Å²) in [5.74, 6) is 0.970. The second kappa shape index (κ2) is 4.85. The quantitative estimate of drug-likeness (QED) is 0.702. The van der Waals surface area contributed by atoms with E-state index < -0.39 is 0 Å². The maximum atomic E-state index is 5.73. The first-order valence-corrected chi connectivity index (χ1v) is 5.04. The topological polar surface area (TPSA) is 9.23 Å². The van der Waals surface area contributed by atoms with Crippen molar-refractivity contribution in [1.29, 1.82) is 0 Å². The molecule has 0 aliphatic rings. The van der Waals surface area contributed by atoms with Gasteiger partial charge in [-0.25, -0.2) is 0 Å². The summed E-state index contributed by atoms with van der Waals surface area (Å²) in [7, 11) is 0. The summed E-state index contributed by atoms with van der Waals surface area (Å²) in [5.41, 5.74) is 2.44. The van der Waals surface area contributed by atoms with Crippen molar-refractivity contribution in [2.24, 2.45) is 0 Å². The molecule has 0 heterocycles. The molecule has 0 radical (unpaired) electrons. The van der Waals surface area contributed by atoms with Crippen molar-refractivity contribution in [3.05, 3.63) is 35.9 Å². The van der Waals surface area contributed by atoms with Gasteiger partial charge >= 0.3 is 0 Å². The van der Waals surface area contributed by atoms with Crippen LogP contribution in [0, 0.1) is 0 Å². The molecule has 0 saturated heterocycles. The number of hydrogen-bond donors (Lipinski definition) is 0. The molecule has 0 aliphatic heterocycles. The van der Waals surface area contributed by atoms with Crippen LogP contribution in [0.2, 0.25) is 0 Å². The standard InChI is InChI=1S/C13H18O/c1-5-11(4)12-8-6-7-9-13(12)14-10(2)3/h5-10H,1-4H3. The normalized spacial score (nSPS) is 11.9. The smallest absolute Gasteiger partial charge is 0.127 e. The summed E-state index contributed by atoms with van der Waals surface area (Å²) in [6, 6.07) is 8.15. The molecule has 0 aliphatic carbocycles. The minimum Gasteiger partial charge on any atom is -0.490 e. The first kappa shape index (κ1) is 10.8. The third kappa shape index (κ3) is 2.63. The van der Waals surface area contributed by atoms with Crippen LogP contribution in [0.25, 0.3) is 5.57 Å². The summed E-state index contributed by atoms with van der Waals surface area (Å²) in [6.45, 7) is 8.23. The highest BCUT2D eigenvalue weighted by Crippen LogP contribution is 2.26. The lowest BCUT2D eigenvalue weighted by molar-refractivity contribution is 0.242. The third-order valence-corrected chi connectivity index (χ3v) is 2.11. The van der Waals surface area contributed by atoms with E-state index in [9.17, 15) is 0 Å². The molecule has 0 unspecified atom stereocenters.